The molecule has 2 N–H and O–H groups in total. The number of hydrogen-bond donors (Lipinski definition) is 1. The van der Waals surface area contributed by atoms with E-state index in [1.54, 1.807) is 6.92 Å². The molecule has 0 aliphatic heterocycles. The number of anilines is 1. The molecule has 0 saturated carbocycles. The third kappa shape index (κ3) is 2.85. The second kappa shape index (κ2) is 5.56. The fourth-order valence-corrected chi connectivity index (χ4v) is 1.63. The van der Waals surface area contributed by atoms with Gasteiger partial charge in [-0.25, -0.2) is 14.2 Å². The Labute approximate surface area is 115 Å². The molecule has 2 aromatic rings. The van der Waals surface area contributed by atoms with Gasteiger partial charge in [0.1, 0.15) is 11.6 Å². The maximum absolute atomic E-state index is 13.0. The van der Waals surface area contributed by atoms with Gasteiger partial charge in [0.25, 0.3) is 0 Å². The van der Waals surface area contributed by atoms with Crippen LogP contribution in [0.4, 0.5) is 10.1 Å². The van der Waals surface area contributed by atoms with Crippen molar-refractivity contribution >= 4 is 11.7 Å². The Balaban J connectivity index is 2.32. The second-order valence-electron chi connectivity index (χ2n) is 4.11. The van der Waals surface area contributed by atoms with Gasteiger partial charge in [-0.05, 0) is 30.7 Å². The topological polar surface area (TPSA) is 74.4 Å². The van der Waals surface area contributed by atoms with E-state index in [9.17, 15) is 9.18 Å². The Bertz CT molecular complexity index is 659. The molecule has 0 aliphatic rings. The molecule has 0 aliphatic carbocycles. The van der Waals surface area contributed by atoms with Crippen molar-refractivity contribution < 1.29 is 18.7 Å². The molecule has 0 amide bonds. The molecule has 5 nitrogen and oxygen atoms in total. The Hall–Kier alpha value is -2.63. The lowest BCUT2D eigenvalue weighted by atomic mass is 10.2. The molecule has 1 heterocycles. The average Bonchev–Trinajstić information content (AvgIpc) is 2.43. The van der Waals surface area contributed by atoms with Crippen LogP contribution in [-0.4, -0.2) is 18.1 Å². The number of nitrogens with zero attached hydrogens (tertiary/aromatic N) is 1. The van der Waals surface area contributed by atoms with Crippen LogP contribution < -0.4 is 10.5 Å². The maximum atomic E-state index is 13.0. The van der Waals surface area contributed by atoms with Gasteiger partial charge in [-0.3, -0.25) is 0 Å². The first-order valence-electron chi connectivity index (χ1n) is 5.79. The summed E-state index contributed by atoms with van der Waals surface area (Å²) in [6.45, 7) is 1.71. The zero-order valence-corrected chi connectivity index (χ0v) is 11.0. The van der Waals surface area contributed by atoms with Crippen molar-refractivity contribution in [1.82, 2.24) is 4.98 Å². The number of esters is 1. The van der Waals surface area contributed by atoms with Crippen molar-refractivity contribution in [2.45, 2.75) is 6.92 Å². The van der Waals surface area contributed by atoms with Gasteiger partial charge in [-0.2, -0.15) is 0 Å². The summed E-state index contributed by atoms with van der Waals surface area (Å²) in [5.74, 6) is -0.310. The molecule has 104 valence electrons. The lowest BCUT2D eigenvalue weighted by molar-refractivity contribution is 0.0601. The van der Waals surface area contributed by atoms with Crippen LogP contribution in [0, 0.1) is 12.7 Å². The van der Waals surface area contributed by atoms with E-state index in [-0.39, 0.29) is 22.9 Å². The van der Waals surface area contributed by atoms with Crippen LogP contribution in [-0.2, 0) is 4.74 Å². The van der Waals surface area contributed by atoms with Crippen LogP contribution in [0.15, 0.2) is 30.5 Å². The predicted octanol–water partition coefficient (Wildman–Crippen LogP) is 2.69. The third-order valence-corrected chi connectivity index (χ3v) is 2.67. The average molecular weight is 276 g/mol. The van der Waals surface area contributed by atoms with Crippen molar-refractivity contribution in [3.05, 3.63) is 47.4 Å². The second-order valence-corrected chi connectivity index (χ2v) is 4.11. The smallest absolute Gasteiger partial charge is 0.340 e. The van der Waals surface area contributed by atoms with Crippen molar-refractivity contribution in [1.29, 1.82) is 0 Å². The number of methoxy groups -OCH3 is 1. The SMILES string of the molecule is COC(=O)c1cc(Oc2ccc(F)cc2C)ncc1N. The minimum atomic E-state index is -0.578. The minimum Gasteiger partial charge on any atom is -0.465 e. The monoisotopic (exact) mass is 276 g/mol. The number of carbonyl (C=O) groups is 1. The zero-order valence-electron chi connectivity index (χ0n) is 11.0. The predicted molar refractivity (Wildman–Crippen MR) is 71.2 cm³/mol. The summed E-state index contributed by atoms with van der Waals surface area (Å²) in [4.78, 5) is 15.5. The van der Waals surface area contributed by atoms with E-state index in [2.05, 4.69) is 9.72 Å². The summed E-state index contributed by atoms with van der Waals surface area (Å²) in [6.07, 6.45) is 1.31. The fourth-order valence-electron chi connectivity index (χ4n) is 1.63. The number of aromatic nitrogens is 1. The highest BCUT2D eigenvalue weighted by Crippen LogP contribution is 2.26. The van der Waals surface area contributed by atoms with Crippen molar-refractivity contribution in [2.75, 3.05) is 12.8 Å². The number of nitrogens with two attached hydrogens (primary N) is 1. The van der Waals surface area contributed by atoms with Crippen LogP contribution in [0.2, 0.25) is 0 Å². The molecule has 1 aromatic carbocycles. The largest absolute Gasteiger partial charge is 0.465 e. The first-order valence-corrected chi connectivity index (χ1v) is 5.79. The van der Waals surface area contributed by atoms with Gasteiger partial charge in [-0.1, -0.05) is 0 Å². The molecule has 0 bridgehead atoms. The molecular weight excluding hydrogens is 263 g/mol. The highest BCUT2D eigenvalue weighted by Gasteiger charge is 2.13. The van der Waals surface area contributed by atoms with E-state index in [1.165, 1.54) is 37.6 Å². The normalized spacial score (nSPS) is 10.2. The summed E-state index contributed by atoms with van der Waals surface area (Å²) < 4.78 is 23.1. The standard InChI is InChI=1S/C14H13FN2O3/c1-8-5-9(15)3-4-12(8)20-13-6-10(14(18)19-2)11(16)7-17-13/h3-7H,16H2,1-2H3. The highest BCUT2D eigenvalue weighted by atomic mass is 19.1. The molecule has 0 radical (unpaired) electrons. The van der Waals surface area contributed by atoms with E-state index in [1.807, 2.05) is 0 Å². The Morgan fingerprint density at radius 2 is 2.10 bits per heavy atom. The van der Waals surface area contributed by atoms with Crippen molar-refractivity contribution in [3.63, 3.8) is 0 Å². The molecule has 0 fully saturated rings. The van der Waals surface area contributed by atoms with Crippen LogP contribution >= 0.6 is 0 Å². The first-order chi connectivity index (χ1) is 9.51. The lowest BCUT2D eigenvalue weighted by Crippen LogP contribution is -2.06. The van der Waals surface area contributed by atoms with Gasteiger partial charge < -0.3 is 15.2 Å². The number of pyridine rings is 1. The summed E-state index contributed by atoms with van der Waals surface area (Å²) in [5, 5.41) is 0. The van der Waals surface area contributed by atoms with Crippen LogP contribution in [0.5, 0.6) is 11.6 Å². The third-order valence-electron chi connectivity index (χ3n) is 2.67. The number of carbonyl (C=O) groups excluding carboxylic acids is 1. The molecule has 0 saturated heterocycles. The van der Waals surface area contributed by atoms with Gasteiger partial charge in [0, 0.05) is 6.07 Å². The summed E-state index contributed by atoms with van der Waals surface area (Å²) >= 11 is 0. The maximum Gasteiger partial charge on any atom is 0.340 e. The zero-order chi connectivity index (χ0) is 14.7. The van der Waals surface area contributed by atoms with E-state index in [0.717, 1.165) is 0 Å². The molecule has 20 heavy (non-hydrogen) atoms. The van der Waals surface area contributed by atoms with E-state index in [0.29, 0.717) is 11.3 Å². The number of halogens is 1. The van der Waals surface area contributed by atoms with Crippen molar-refractivity contribution in [2.24, 2.45) is 0 Å². The molecule has 2 rings (SSSR count). The molecular formula is C14H13FN2O3. The summed E-state index contributed by atoms with van der Waals surface area (Å²) in [6, 6.07) is 5.49. The summed E-state index contributed by atoms with van der Waals surface area (Å²) in [7, 11) is 1.26. The van der Waals surface area contributed by atoms with Crippen LogP contribution in [0.1, 0.15) is 15.9 Å². The number of nitrogen functional groups attached to an aromatic ring is 1. The molecule has 0 atom stereocenters. The van der Waals surface area contributed by atoms with Gasteiger partial charge >= 0.3 is 5.97 Å². The van der Waals surface area contributed by atoms with E-state index >= 15 is 0 Å². The Morgan fingerprint density at radius 3 is 2.75 bits per heavy atom. The number of aryl methyl sites for hydroxylation is 1. The molecule has 0 unspecified atom stereocenters. The first kappa shape index (κ1) is 13.8. The fraction of sp³-hybridized carbons (Fsp3) is 0.143. The number of ether oxygens (including phenoxy) is 2. The number of benzene rings is 1. The van der Waals surface area contributed by atoms with Crippen LogP contribution in [0.3, 0.4) is 0 Å². The molecule has 0 spiro atoms. The quantitative estimate of drug-likeness (QED) is 0.872. The molecule has 6 heteroatoms. The van der Waals surface area contributed by atoms with Crippen molar-refractivity contribution in [3.8, 4) is 11.6 Å². The van der Waals surface area contributed by atoms with Gasteiger partial charge in [0.2, 0.25) is 5.88 Å². The number of rotatable bonds is 3. The minimum absolute atomic E-state index is 0.164. The molecule has 1 aromatic heterocycles. The lowest BCUT2D eigenvalue weighted by Gasteiger charge is -2.09. The van der Waals surface area contributed by atoms with E-state index < -0.39 is 5.97 Å². The Kier molecular flexibility index (Phi) is 3.84. The van der Waals surface area contributed by atoms with Crippen LogP contribution in [0.25, 0.3) is 0 Å². The van der Waals surface area contributed by atoms with Gasteiger partial charge in [0.15, 0.2) is 0 Å². The van der Waals surface area contributed by atoms with Gasteiger partial charge in [-0.15, -0.1) is 0 Å². The van der Waals surface area contributed by atoms with E-state index in [4.69, 9.17) is 10.5 Å². The highest BCUT2D eigenvalue weighted by molar-refractivity contribution is 5.95. The summed E-state index contributed by atoms with van der Waals surface area (Å²) in [5.41, 5.74) is 6.61. The number of hydrogen-bond acceptors (Lipinski definition) is 5. The van der Waals surface area contributed by atoms with Gasteiger partial charge in [0.05, 0.1) is 24.6 Å². The Morgan fingerprint density at radius 1 is 1.35 bits per heavy atom.